The summed E-state index contributed by atoms with van der Waals surface area (Å²) in [5.74, 6) is -0.232. The third kappa shape index (κ3) is 3.05. The lowest BCUT2D eigenvalue weighted by Crippen LogP contribution is -2.17. The maximum Gasteiger partial charge on any atom is 0.271 e. The van der Waals surface area contributed by atoms with Gasteiger partial charge in [-0.25, -0.2) is 9.97 Å². The van der Waals surface area contributed by atoms with E-state index >= 15 is 0 Å². The van der Waals surface area contributed by atoms with Crippen molar-refractivity contribution in [1.29, 1.82) is 0 Å². The first-order valence-electron chi connectivity index (χ1n) is 5.84. The van der Waals surface area contributed by atoms with Crippen LogP contribution < -0.4 is 16.8 Å². The molecular weight excluding hydrogens is 242 g/mol. The Morgan fingerprint density at radius 1 is 1.16 bits per heavy atom. The van der Waals surface area contributed by atoms with E-state index in [9.17, 15) is 4.79 Å². The molecule has 19 heavy (non-hydrogen) atoms. The summed E-state index contributed by atoms with van der Waals surface area (Å²) in [5.41, 5.74) is 13.1. The number of hydrogen-bond donors (Lipinski definition) is 3. The van der Waals surface area contributed by atoms with Crippen LogP contribution in [0.25, 0.3) is 0 Å². The zero-order valence-corrected chi connectivity index (χ0v) is 10.3. The summed E-state index contributed by atoms with van der Waals surface area (Å²) in [5, 5.41) is 3.06. The Kier molecular flexibility index (Phi) is 4.04. The number of nitrogens with one attached hydrogen (secondary N) is 1. The number of benzene rings is 1. The summed E-state index contributed by atoms with van der Waals surface area (Å²) < 4.78 is 0. The number of anilines is 1. The van der Waals surface area contributed by atoms with Crippen LogP contribution in [0.4, 0.5) is 5.82 Å². The minimum absolute atomic E-state index is 0.132. The summed E-state index contributed by atoms with van der Waals surface area (Å²) in [6, 6.07) is 7.79. The number of carbonyl (C=O) groups excluding carboxylic acids is 1. The molecule has 0 saturated heterocycles. The fourth-order valence-corrected chi connectivity index (χ4v) is 1.76. The average Bonchev–Trinajstić information content (AvgIpc) is 2.45. The number of nitrogens with two attached hydrogens (primary N) is 2. The maximum atomic E-state index is 11.2. The van der Waals surface area contributed by atoms with Crippen LogP contribution in [-0.2, 0) is 13.1 Å². The minimum Gasteiger partial charge on any atom is -0.364 e. The third-order valence-corrected chi connectivity index (χ3v) is 2.72. The van der Waals surface area contributed by atoms with Crippen LogP contribution >= 0.6 is 0 Å². The van der Waals surface area contributed by atoms with Crippen molar-refractivity contribution in [3.8, 4) is 0 Å². The fraction of sp³-hybridized carbons (Fsp3) is 0.154. The topological polar surface area (TPSA) is 107 Å². The Morgan fingerprint density at radius 3 is 2.53 bits per heavy atom. The fourth-order valence-electron chi connectivity index (χ4n) is 1.76. The van der Waals surface area contributed by atoms with Crippen LogP contribution in [0.15, 0.2) is 36.7 Å². The van der Waals surface area contributed by atoms with Crippen molar-refractivity contribution in [3.05, 3.63) is 53.5 Å². The first-order valence-corrected chi connectivity index (χ1v) is 5.84. The van der Waals surface area contributed by atoms with Gasteiger partial charge >= 0.3 is 0 Å². The predicted octanol–water partition coefficient (Wildman–Crippen LogP) is 0.646. The SMILES string of the molecule is NCc1ccccc1CNc1nccnc1C(N)=O. The van der Waals surface area contributed by atoms with E-state index in [0.717, 1.165) is 11.1 Å². The van der Waals surface area contributed by atoms with Gasteiger partial charge in [0.05, 0.1) is 0 Å². The molecular formula is C13H15N5O. The molecule has 0 atom stereocenters. The molecule has 1 aromatic heterocycles. The molecule has 1 heterocycles. The molecule has 6 heteroatoms. The van der Waals surface area contributed by atoms with Gasteiger partial charge in [-0.1, -0.05) is 24.3 Å². The Morgan fingerprint density at radius 2 is 1.84 bits per heavy atom. The van der Waals surface area contributed by atoms with Gasteiger partial charge in [0.15, 0.2) is 11.5 Å². The predicted molar refractivity (Wildman–Crippen MR) is 72.2 cm³/mol. The van der Waals surface area contributed by atoms with Crippen molar-refractivity contribution in [1.82, 2.24) is 9.97 Å². The molecule has 2 rings (SSSR count). The van der Waals surface area contributed by atoms with Gasteiger partial charge in [0.1, 0.15) is 0 Å². The van der Waals surface area contributed by atoms with Crippen LogP contribution in [0.5, 0.6) is 0 Å². The van der Waals surface area contributed by atoms with Crippen molar-refractivity contribution in [2.75, 3.05) is 5.32 Å². The second kappa shape index (κ2) is 5.92. The largest absolute Gasteiger partial charge is 0.364 e. The van der Waals surface area contributed by atoms with Crippen molar-refractivity contribution in [2.45, 2.75) is 13.1 Å². The van der Waals surface area contributed by atoms with Crippen LogP contribution in [0.2, 0.25) is 0 Å². The van der Waals surface area contributed by atoms with Gasteiger partial charge in [0, 0.05) is 25.5 Å². The highest BCUT2D eigenvalue weighted by molar-refractivity contribution is 5.95. The molecule has 0 bridgehead atoms. The molecule has 1 aromatic carbocycles. The molecule has 0 fully saturated rings. The standard InChI is InChI=1S/C13H15N5O/c14-7-9-3-1-2-4-10(9)8-18-13-11(12(15)19)16-5-6-17-13/h1-6H,7-8,14H2,(H2,15,19)(H,17,18). The number of aromatic nitrogens is 2. The molecule has 0 saturated carbocycles. The Balaban J connectivity index is 2.17. The lowest BCUT2D eigenvalue weighted by atomic mass is 10.1. The van der Waals surface area contributed by atoms with Gasteiger partial charge in [-0.2, -0.15) is 0 Å². The second-order valence-corrected chi connectivity index (χ2v) is 3.94. The Labute approximate surface area is 110 Å². The van der Waals surface area contributed by atoms with Crippen LogP contribution in [0, 0.1) is 0 Å². The van der Waals surface area contributed by atoms with Gasteiger partial charge in [-0.05, 0) is 11.1 Å². The van der Waals surface area contributed by atoms with E-state index in [-0.39, 0.29) is 5.69 Å². The second-order valence-electron chi connectivity index (χ2n) is 3.94. The van der Waals surface area contributed by atoms with E-state index in [2.05, 4.69) is 15.3 Å². The van der Waals surface area contributed by atoms with E-state index in [1.807, 2.05) is 24.3 Å². The highest BCUT2D eigenvalue weighted by atomic mass is 16.1. The number of rotatable bonds is 5. The van der Waals surface area contributed by atoms with Crippen molar-refractivity contribution >= 4 is 11.7 Å². The first-order chi connectivity index (χ1) is 9.22. The van der Waals surface area contributed by atoms with Gasteiger partial charge in [-0.15, -0.1) is 0 Å². The average molecular weight is 257 g/mol. The summed E-state index contributed by atoms with van der Waals surface area (Å²) in [6.07, 6.45) is 2.93. The highest BCUT2D eigenvalue weighted by Gasteiger charge is 2.10. The van der Waals surface area contributed by atoms with E-state index in [4.69, 9.17) is 11.5 Å². The number of carbonyl (C=O) groups is 1. The molecule has 0 unspecified atom stereocenters. The van der Waals surface area contributed by atoms with Crippen LogP contribution in [0.1, 0.15) is 21.6 Å². The molecule has 0 spiro atoms. The molecule has 0 aliphatic heterocycles. The van der Waals surface area contributed by atoms with E-state index < -0.39 is 5.91 Å². The summed E-state index contributed by atoms with van der Waals surface area (Å²) in [7, 11) is 0. The van der Waals surface area contributed by atoms with E-state index in [1.54, 1.807) is 0 Å². The Hall–Kier alpha value is -2.47. The number of hydrogen-bond acceptors (Lipinski definition) is 5. The molecule has 6 nitrogen and oxygen atoms in total. The zero-order chi connectivity index (χ0) is 13.7. The third-order valence-electron chi connectivity index (χ3n) is 2.72. The quantitative estimate of drug-likeness (QED) is 0.729. The lowest BCUT2D eigenvalue weighted by molar-refractivity contribution is 0.0996. The minimum atomic E-state index is -0.609. The highest BCUT2D eigenvalue weighted by Crippen LogP contribution is 2.12. The Bertz CT molecular complexity index is 585. The number of nitrogens with zero attached hydrogens (tertiary/aromatic N) is 2. The molecule has 0 aliphatic carbocycles. The first kappa shape index (κ1) is 13.0. The van der Waals surface area contributed by atoms with Crippen molar-refractivity contribution in [3.63, 3.8) is 0 Å². The molecule has 98 valence electrons. The van der Waals surface area contributed by atoms with Crippen molar-refractivity contribution < 1.29 is 4.79 Å². The summed E-state index contributed by atoms with van der Waals surface area (Å²) in [4.78, 5) is 19.2. The van der Waals surface area contributed by atoms with Gasteiger partial charge < -0.3 is 16.8 Å². The van der Waals surface area contributed by atoms with Gasteiger partial charge in [0.25, 0.3) is 5.91 Å². The molecule has 0 radical (unpaired) electrons. The smallest absolute Gasteiger partial charge is 0.271 e. The van der Waals surface area contributed by atoms with E-state index in [0.29, 0.717) is 18.9 Å². The summed E-state index contributed by atoms with van der Waals surface area (Å²) in [6.45, 7) is 0.966. The van der Waals surface area contributed by atoms with Crippen molar-refractivity contribution in [2.24, 2.45) is 11.5 Å². The molecule has 2 aromatic rings. The van der Waals surface area contributed by atoms with Crippen LogP contribution in [-0.4, -0.2) is 15.9 Å². The number of amides is 1. The number of primary amides is 1. The van der Waals surface area contributed by atoms with Crippen LogP contribution in [0.3, 0.4) is 0 Å². The normalized spacial score (nSPS) is 10.2. The monoisotopic (exact) mass is 257 g/mol. The zero-order valence-electron chi connectivity index (χ0n) is 10.3. The molecule has 0 aliphatic rings. The lowest BCUT2D eigenvalue weighted by Gasteiger charge is -2.10. The van der Waals surface area contributed by atoms with E-state index in [1.165, 1.54) is 12.4 Å². The molecule has 1 amide bonds. The van der Waals surface area contributed by atoms with Gasteiger partial charge in [-0.3, -0.25) is 4.79 Å². The molecule has 5 N–H and O–H groups in total. The van der Waals surface area contributed by atoms with Gasteiger partial charge in [0.2, 0.25) is 0 Å². The maximum absolute atomic E-state index is 11.2. The summed E-state index contributed by atoms with van der Waals surface area (Å²) >= 11 is 0.